The van der Waals surface area contributed by atoms with Crippen LogP contribution in [0.15, 0.2) is 164 Å². The quantitative estimate of drug-likeness (QED) is 0.180. The summed E-state index contributed by atoms with van der Waals surface area (Å²) in [6.07, 6.45) is 0. The summed E-state index contributed by atoms with van der Waals surface area (Å²) < 4.78 is 2.50. The van der Waals surface area contributed by atoms with Gasteiger partial charge in [-0.05, 0) is 56.3 Å². The molecule has 2 aromatic heterocycles. The highest BCUT2D eigenvalue weighted by Crippen LogP contribution is 2.38. The van der Waals surface area contributed by atoms with Crippen LogP contribution in [-0.4, -0.2) is 15.0 Å². The van der Waals surface area contributed by atoms with E-state index in [1.165, 1.54) is 47.3 Å². The number of benzene rings is 8. The molecule has 8 aromatic carbocycles. The number of rotatable bonds is 4. The van der Waals surface area contributed by atoms with Crippen LogP contribution in [0.1, 0.15) is 0 Å². The number of fused-ring (bicyclic) bond motifs is 7. The summed E-state index contributed by atoms with van der Waals surface area (Å²) in [6.45, 7) is 0. The van der Waals surface area contributed by atoms with Crippen molar-refractivity contribution >= 4 is 63.8 Å². The van der Waals surface area contributed by atoms with E-state index >= 15 is 0 Å². The van der Waals surface area contributed by atoms with Crippen molar-refractivity contribution in [2.75, 3.05) is 0 Å². The molecule has 4 heteroatoms. The summed E-state index contributed by atoms with van der Waals surface area (Å²) >= 11 is 1.80. The van der Waals surface area contributed by atoms with E-state index in [1.54, 1.807) is 11.3 Å². The summed E-state index contributed by atoms with van der Waals surface area (Å²) in [5, 5.41) is 9.68. The molecule has 0 aliphatic heterocycles. The molecule has 0 amide bonds. The van der Waals surface area contributed by atoms with Crippen LogP contribution < -0.4 is 0 Å². The van der Waals surface area contributed by atoms with E-state index in [9.17, 15) is 0 Å². The second-order valence-electron chi connectivity index (χ2n) is 12.4. The monoisotopic (exact) mass is 641 g/mol. The predicted molar refractivity (Wildman–Crippen MR) is 207 cm³/mol. The number of hydrogen-bond acceptors (Lipinski definition) is 4. The number of thiophene rings is 1. The van der Waals surface area contributed by atoms with Crippen LogP contribution in [-0.2, 0) is 0 Å². The molecule has 0 fully saturated rings. The van der Waals surface area contributed by atoms with Gasteiger partial charge in [-0.1, -0.05) is 146 Å². The Bertz CT molecular complexity index is 2890. The molecule has 0 saturated carbocycles. The van der Waals surface area contributed by atoms with E-state index in [0.29, 0.717) is 17.5 Å². The van der Waals surface area contributed by atoms with Gasteiger partial charge in [0.2, 0.25) is 0 Å². The van der Waals surface area contributed by atoms with E-state index in [-0.39, 0.29) is 0 Å². The van der Waals surface area contributed by atoms with Crippen molar-refractivity contribution in [1.82, 2.24) is 15.0 Å². The molecule has 0 saturated heterocycles. The topological polar surface area (TPSA) is 38.7 Å². The number of aromatic nitrogens is 3. The SMILES string of the molecule is c1ccc2cc(-c3ccc(-c4nc(-c5ccc6c(c5)sc5ccccc56)nc(-c5cccc6ccc7ccccc7c56)n4)cc3)ccc2c1. The predicted octanol–water partition coefficient (Wildman–Crippen LogP) is 12.4. The van der Waals surface area contributed by atoms with Crippen LogP contribution >= 0.6 is 11.3 Å². The second kappa shape index (κ2) is 11.2. The van der Waals surface area contributed by atoms with Crippen molar-refractivity contribution < 1.29 is 0 Å². The zero-order chi connectivity index (χ0) is 32.3. The molecule has 0 unspecified atom stereocenters. The van der Waals surface area contributed by atoms with Gasteiger partial charge in [0, 0.05) is 42.2 Å². The average molecular weight is 642 g/mol. The minimum atomic E-state index is 0.652. The highest BCUT2D eigenvalue weighted by Gasteiger charge is 2.17. The Kier molecular flexibility index (Phi) is 6.36. The van der Waals surface area contributed by atoms with Crippen LogP contribution in [0.3, 0.4) is 0 Å². The lowest BCUT2D eigenvalue weighted by atomic mass is 9.97. The Balaban J connectivity index is 1.16. The van der Waals surface area contributed by atoms with Crippen LogP contribution in [0.25, 0.3) is 97.8 Å². The van der Waals surface area contributed by atoms with E-state index in [2.05, 4.69) is 164 Å². The maximum Gasteiger partial charge on any atom is 0.164 e. The van der Waals surface area contributed by atoms with Gasteiger partial charge in [-0.15, -0.1) is 11.3 Å². The second-order valence-corrected chi connectivity index (χ2v) is 13.5. The molecule has 0 radical (unpaired) electrons. The van der Waals surface area contributed by atoms with Crippen molar-refractivity contribution in [2.24, 2.45) is 0 Å². The average Bonchev–Trinajstić information content (AvgIpc) is 3.55. The van der Waals surface area contributed by atoms with Gasteiger partial charge in [0.25, 0.3) is 0 Å². The van der Waals surface area contributed by atoms with Gasteiger partial charge in [0.05, 0.1) is 0 Å². The molecule has 0 bridgehead atoms. The van der Waals surface area contributed by atoms with Gasteiger partial charge >= 0.3 is 0 Å². The Morgan fingerprint density at radius 2 is 0.918 bits per heavy atom. The van der Waals surface area contributed by atoms with Crippen molar-refractivity contribution in [1.29, 1.82) is 0 Å². The summed E-state index contributed by atoms with van der Waals surface area (Å²) in [4.78, 5) is 15.5. The molecule has 0 N–H and O–H groups in total. The van der Waals surface area contributed by atoms with Gasteiger partial charge < -0.3 is 0 Å². The van der Waals surface area contributed by atoms with Crippen molar-refractivity contribution in [3.8, 4) is 45.3 Å². The first kappa shape index (κ1) is 27.8. The number of hydrogen-bond donors (Lipinski definition) is 0. The summed E-state index contributed by atoms with van der Waals surface area (Å²) in [7, 11) is 0. The van der Waals surface area contributed by atoms with Gasteiger partial charge in [-0.3, -0.25) is 0 Å². The largest absolute Gasteiger partial charge is 0.208 e. The molecule has 10 aromatic rings. The highest BCUT2D eigenvalue weighted by atomic mass is 32.1. The summed E-state index contributed by atoms with van der Waals surface area (Å²) in [5.74, 6) is 1.98. The summed E-state index contributed by atoms with van der Waals surface area (Å²) in [6, 6.07) is 58.1. The lowest BCUT2D eigenvalue weighted by Gasteiger charge is -2.12. The molecule has 0 spiro atoms. The molecule has 49 heavy (non-hydrogen) atoms. The van der Waals surface area contributed by atoms with E-state index in [4.69, 9.17) is 15.0 Å². The zero-order valence-electron chi connectivity index (χ0n) is 26.3. The Hall–Kier alpha value is -6.23. The maximum absolute atomic E-state index is 5.19. The first-order valence-electron chi connectivity index (χ1n) is 16.4. The lowest BCUT2D eigenvalue weighted by molar-refractivity contribution is 1.08. The number of nitrogens with zero attached hydrogens (tertiary/aromatic N) is 3. The Morgan fingerprint density at radius 1 is 0.327 bits per heavy atom. The highest BCUT2D eigenvalue weighted by molar-refractivity contribution is 7.25. The van der Waals surface area contributed by atoms with Crippen LogP contribution in [0.2, 0.25) is 0 Å². The third kappa shape index (κ3) is 4.76. The van der Waals surface area contributed by atoms with Crippen LogP contribution in [0.5, 0.6) is 0 Å². The third-order valence-corrected chi connectivity index (χ3v) is 10.6. The van der Waals surface area contributed by atoms with E-state index in [0.717, 1.165) is 33.0 Å². The fourth-order valence-electron chi connectivity index (χ4n) is 7.05. The van der Waals surface area contributed by atoms with Crippen molar-refractivity contribution in [2.45, 2.75) is 0 Å². The molecule has 2 heterocycles. The summed E-state index contributed by atoms with van der Waals surface area (Å²) in [5.41, 5.74) is 5.25. The minimum Gasteiger partial charge on any atom is -0.208 e. The minimum absolute atomic E-state index is 0.652. The fourth-order valence-corrected chi connectivity index (χ4v) is 8.19. The first-order valence-corrected chi connectivity index (χ1v) is 17.3. The zero-order valence-corrected chi connectivity index (χ0v) is 27.2. The molecule has 10 rings (SSSR count). The molecule has 0 aliphatic rings. The normalized spacial score (nSPS) is 11.7. The Morgan fingerprint density at radius 3 is 1.80 bits per heavy atom. The van der Waals surface area contributed by atoms with Crippen molar-refractivity contribution in [3.63, 3.8) is 0 Å². The molecular weight excluding hydrogens is 615 g/mol. The van der Waals surface area contributed by atoms with Crippen LogP contribution in [0, 0.1) is 0 Å². The smallest absolute Gasteiger partial charge is 0.164 e. The van der Waals surface area contributed by atoms with E-state index in [1.807, 2.05) is 0 Å². The Labute approximate surface area is 286 Å². The van der Waals surface area contributed by atoms with Crippen molar-refractivity contribution in [3.05, 3.63) is 164 Å². The standard InChI is InChI=1S/C45H27N3S/c1-2-10-33-26-34(23-18-28(33)8-1)29-16-21-32(22-17-29)43-46-44(35-24-25-38-37-13-5-6-15-40(37)49-41(38)27-35)48-45(47-43)39-14-7-11-31-20-19-30-9-3-4-12-36(30)42(31)39/h1-27H. The van der Waals surface area contributed by atoms with Gasteiger partial charge in [-0.25, -0.2) is 15.0 Å². The van der Waals surface area contributed by atoms with Gasteiger partial charge in [0.1, 0.15) is 0 Å². The third-order valence-electron chi connectivity index (χ3n) is 9.51. The maximum atomic E-state index is 5.19. The lowest BCUT2D eigenvalue weighted by Crippen LogP contribution is -2.00. The molecule has 228 valence electrons. The molecule has 0 aliphatic carbocycles. The van der Waals surface area contributed by atoms with E-state index < -0.39 is 0 Å². The first-order chi connectivity index (χ1) is 24.2. The fraction of sp³-hybridized carbons (Fsp3) is 0. The molecular formula is C45H27N3S. The molecule has 0 atom stereocenters. The van der Waals surface area contributed by atoms with Gasteiger partial charge in [-0.2, -0.15) is 0 Å². The van der Waals surface area contributed by atoms with Crippen LogP contribution in [0.4, 0.5) is 0 Å². The van der Waals surface area contributed by atoms with Gasteiger partial charge in [0.15, 0.2) is 17.5 Å². The molecule has 3 nitrogen and oxygen atoms in total.